The second-order valence-corrected chi connectivity index (χ2v) is 5.97. The maximum atomic E-state index is 11.1. The van der Waals surface area contributed by atoms with Crippen molar-refractivity contribution in [1.82, 2.24) is 4.98 Å². The number of halogens is 2. The summed E-state index contributed by atoms with van der Waals surface area (Å²) in [5.41, 5.74) is 1.15. The van der Waals surface area contributed by atoms with Crippen LogP contribution in [-0.2, 0) is 5.75 Å². The summed E-state index contributed by atoms with van der Waals surface area (Å²) in [4.78, 5) is 15.2. The van der Waals surface area contributed by atoms with Crippen molar-refractivity contribution < 1.29 is 9.90 Å². The van der Waals surface area contributed by atoms with Gasteiger partial charge in [-0.25, -0.2) is 9.78 Å². The van der Waals surface area contributed by atoms with Gasteiger partial charge >= 0.3 is 5.97 Å². The lowest BCUT2D eigenvalue weighted by Gasteiger charge is -2.06. The maximum Gasteiger partial charge on any atom is 0.338 e. The van der Waals surface area contributed by atoms with Crippen LogP contribution in [0.1, 0.15) is 15.9 Å². The average Bonchev–Trinajstić information content (AvgIpc) is 2.38. The molecule has 0 amide bonds. The predicted molar refractivity (Wildman–Crippen MR) is 79.9 cm³/mol. The first-order chi connectivity index (χ1) is 9.08. The molecule has 0 aliphatic rings. The second kappa shape index (κ2) is 6.41. The first-order valence-corrected chi connectivity index (χ1v) is 7.48. The van der Waals surface area contributed by atoms with Gasteiger partial charge in [0.25, 0.3) is 0 Å². The molecular weight excluding hydrogens is 350 g/mol. The van der Waals surface area contributed by atoms with Crippen LogP contribution in [0.15, 0.2) is 46.0 Å². The molecule has 98 valence electrons. The Kier molecular flexibility index (Phi) is 4.85. The number of benzene rings is 1. The topological polar surface area (TPSA) is 50.2 Å². The number of aromatic nitrogens is 1. The largest absolute Gasteiger partial charge is 0.478 e. The van der Waals surface area contributed by atoms with Crippen molar-refractivity contribution >= 4 is 45.3 Å². The molecule has 1 aromatic carbocycles. The third-order valence-corrected chi connectivity index (χ3v) is 4.28. The number of pyridine rings is 1. The van der Waals surface area contributed by atoms with E-state index in [4.69, 9.17) is 16.7 Å². The predicted octanol–water partition coefficient (Wildman–Crippen LogP) is 4.49. The van der Waals surface area contributed by atoms with Crippen molar-refractivity contribution in [3.05, 3.63) is 57.2 Å². The summed E-state index contributed by atoms with van der Waals surface area (Å²) in [7, 11) is 0. The fraction of sp³-hybridized carbons (Fsp3) is 0.0769. The van der Waals surface area contributed by atoms with Crippen LogP contribution in [0.2, 0.25) is 5.02 Å². The molecule has 0 saturated carbocycles. The maximum absolute atomic E-state index is 11.1. The zero-order chi connectivity index (χ0) is 13.8. The summed E-state index contributed by atoms with van der Waals surface area (Å²) in [5, 5.41) is 10.2. The minimum atomic E-state index is -0.975. The van der Waals surface area contributed by atoms with Crippen molar-refractivity contribution in [2.75, 3.05) is 0 Å². The molecule has 0 spiro atoms. The summed E-state index contributed by atoms with van der Waals surface area (Å²) >= 11 is 10.8. The van der Waals surface area contributed by atoms with Gasteiger partial charge in [-0.15, -0.1) is 11.8 Å². The van der Waals surface area contributed by atoms with Crippen LogP contribution in [0.4, 0.5) is 0 Å². The van der Waals surface area contributed by atoms with Crippen LogP contribution < -0.4 is 0 Å². The fourth-order valence-electron chi connectivity index (χ4n) is 1.45. The van der Waals surface area contributed by atoms with E-state index in [2.05, 4.69) is 20.9 Å². The molecule has 2 aromatic rings. The SMILES string of the molecule is O=C(O)c1cccnc1SCc1ccc(Br)cc1Cl. The molecule has 0 atom stereocenters. The highest BCUT2D eigenvalue weighted by Crippen LogP contribution is 2.29. The number of hydrogen-bond donors (Lipinski definition) is 1. The van der Waals surface area contributed by atoms with Gasteiger partial charge in [-0.3, -0.25) is 0 Å². The minimum Gasteiger partial charge on any atom is -0.478 e. The van der Waals surface area contributed by atoms with E-state index in [0.29, 0.717) is 15.8 Å². The van der Waals surface area contributed by atoms with Crippen LogP contribution >= 0.6 is 39.3 Å². The molecule has 0 bridgehead atoms. The van der Waals surface area contributed by atoms with Gasteiger partial charge in [-0.1, -0.05) is 33.6 Å². The van der Waals surface area contributed by atoms with Gasteiger partial charge in [0.2, 0.25) is 0 Å². The standard InChI is InChI=1S/C13H9BrClNO2S/c14-9-4-3-8(11(15)6-9)7-19-12-10(13(17)18)2-1-5-16-12/h1-6H,7H2,(H,17,18). The van der Waals surface area contributed by atoms with E-state index in [0.717, 1.165) is 10.0 Å². The number of carboxylic acid groups (broad SMARTS) is 1. The third kappa shape index (κ3) is 3.72. The molecule has 3 nitrogen and oxygen atoms in total. The first-order valence-electron chi connectivity index (χ1n) is 5.33. The van der Waals surface area contributed by atoms with Crippen LogP contribution in [0.25, 0.3) is 0 Å². The third-order valence-electron chi connectivity index (χ3n) is 2.38. The van der Waals surface area contributed by atoms with E-state index in [1.807, 2.05) is 18.2 Å². The Bertz CT molecular complexity index is 621. The highest BCUT2D eigenvalue weighted by molar-refractivity contribution is 9.10. The fourth-order valence-corrected chi connectivity index (χ4v) is 3.26. The van der Waals surface area contributed by atoms with Crippen molar-refractivity contribution in [2.24, 2.45) is 0 Å². The van der Waals surface area contributed by atoms with E-state index in [9.17, 15) is 4.79 Å². The van der Waals surface area contributed by atoms with Crippen LogP contribution in [0.5, 0.6) is 0 Å². The van der Waals surface area contributed by atoms with Gasteiger partial charge in [0, 0.05) is 21.4 Å². The monoisotopic (exact) mass is 357 g/mol. The smallest absolute Gasteiger partial charge is 0.338 e. The molecule has 0 fully saturated rings. The van der Waals surface area contributed by atoms with Crippen LogP contribution in [0, 0.1) is 0 Å². The number of carbonyl (C=O) groups is 1. The zero-order valence-electron chi connectivity index (χ0n) is 9.64. The van der Waals surface area contributed by atoms with E-state index >= 15 is 0 Å². The van der Waals surface area contributed by atoms with Crippen LogP contribution in [0.3, 0.4) is 0 Å². The summed E-state index contributed by atoms with van der Waals surface area (Å²) < 4.78 is 0.912. The molecule has 0 saturated heterocycles. The lowest BCUT2D eigenvalue weighted by atomic mass is 10.2. The van der Waals surface area contributed by atoms with E-state index < -0.39 is 5.97 Å². The summed E-state index contributed by atoms with van der Waals surface area (Å²) in [5.74, 6) is -0.402. The number of thioether (sulfide) groups is 1. The Labute approximate surface area is 128 Å². The second-order valence-electron chi connectivity index (χ2n) is 3.69. The molecule has 1 N–H and O–H groups in total. The lowest BCUT2D eigenvalue weighted by Crippen LogP contribution is -2.00. The first kappa shape index (κ1) is 14.4. The number of aromatic carboxylic acids is 1. The van der Waals surface area contributed by atoms with Gasteiger partial charge in [0.05, 0.1) is 5.56 Å². The number of hydrogen-bond acceptors (Lipinski definition) is 3. The minimum absolute atomic E-state index is 0.209. The molecule has 0 aliphatic carbocycles. The van der Waals surface area contributed by atoms with Crippen molar-refractivity contribution in [3.8, 4) is 0 Å². The molecular formula is C13H9BrClNO2S. The van der Waals surface area contributed by atoms with Crippen molar-refractivity contribution in [2.45, 2.75) is 10.8 Å². The Morgan fingerprint density at radius 2 is 2.21 bits per heavy atom. The summed E-state index contributed by atoms with van der Waals surface area (Å²) in [6, 6.07) is 8.77. The van der Waals surface area contributed by atoms with Crippen molar-refractivity contribution in [3.63, 3.8) is 0 Å². The number of rotatable bonds is 4. The van der Waals surface area contributed by atoms with E-state index in [1.165, 1.54) is 11.8 Å². The van der Waals surface area contributed by atoms with Gasteiger partial charge in [-0.05, 0) is 29.8 Å². The Hall–Kier alpha value is -1.04. The van der Waals surface area contributed by atoms with Gasteiger partial charge in [0.15, 0.2) is 0 Å². The van der Waals surface area contributed by atoms with E-state index in [-0.39, 0.29) is 5.56 Å². The van der Waals surface area contributed by atoms with Crippen molar-refractivity contribution in [1.29, 1.82) is 0 Å². The number of carboxylic acids is 1. The van der Waals surface area contributed by atoms with Crippen LogP contribution in [-0.4, -0.2) is 16.1 Å². The molecule has 2 rings (SSSR count). The van der Waals surface area contributed by atoms with Gasteiger partial charge < -0.3 is 5.11 Å². The molecule has 19 heavy (non-hydrogen) atoms. The zero-order valence-corrected chi connectivity index (χ0v) is 12.8. The molecule has 0 aliphatic heterocycles. The van der Waals surface area contributed by atoms with Gasteiger partial charge in [0.1, 0.15) is 5.03 Å². The highest BCUT2D eigenvalue weighted by Gasteiger charge is 2.11. The highest BCUT2D eigenvalue weighted by atomic mass is 79.9. The Balaban J connectivity index is 2.17. The molecule has 0 unspecified atom stereocenters. The molecule has 1 heterocycles. The molecule has 6 heteroatoms. The quantitative estimate of drug-likeness (QED) is 0.818. The normalized spacial score (nSPS) is 10.4. The Morgan fingerprint density at radius 3 is 2.89 bits per heavy atom. The summed E-state index contributed by atoms with van der Waals surface area (Å²) in [6.45, 7) is 0. The van der Waals surface area contributed by atoms with Gasteiger partial charge in [-0.2, -0.15) is 0 Å². The molecule has 1 aromatic heterocycles. The Morgan fingerprint density at radius 1 is 1.42 bits per heavy atom. The lowest BCUT2D eigenvalue weighted by molar-refractivity contribution is 0.0692. The van der Waals surface area contributed by atoms with E-state index in [1.54, 1.807) is 18.3 Å². The molecule has 0 radical (unpaired) electrons. The summed E-state index contributed by atoms with van der Waals surface area (Å²) in [6.07, 6.45) is 1.58. The average molecular weight is 359 g/mol. The number of nitrogens with zero attached hydrogens (tertiary/aromatic N) is 1.